The zero-order valence-electron chi connectivity index (χ0n) is 18.5. The van der Waals surface area contributed by atoms with Gasteiger partial charge in [0.25, 0.3) is 16.8 Å². The molecular formula is C23H22Cl2N4O5. The van der Waals surface area contributed by atoms with Crippen LogP contribution in [0.2, 0.25) is 10.0 Å². The van der Waals surface area contributed by atoms with Crippen molar-refractivity contribution < 1.29 is 14.7 Å². The minimum atomic E-state index is -1.18. The molecule has 3 aromatic rings. The molecule has 178 valence electrons. The fourth-order valence-corrected chi connectivity index (χ4v) is 3.60. The maximum absolute atomic E-state index is 12.4. The van der Waals surface area contributed by atoms with Crippen LogP contribution in [0.1, 0.15) is 36.8 Å². The Bertz CT molecular complexity index is 1310. The number of benzene rings is 1. The van der Waals surface area contributed by atoms with Gasteiger partial charge in [-0.2, -0.15) is 0 Å². The fraction of sp³-hybridized carbons (Fsp3) is 0.261. The van der Waals surface area contributed by atoms with Crippen molar-refractivity contribution in [3.63, 3.8) is 0 Å². The van der Waals surface area contributed by atoms with E-state index in [4.69, 9.17) is 23.2 Å². The highest BCUT2D eigenvalue weighted by Gasteiger charge is 2.28. The first-order chi connectivity index (χ1) is 15.9. The molecule has 0 fully saturated rings. The van der Waals surface area contributed by atoms with Crippen LogP contribution in [0, 0.1) is 0 Å². The van der Waals surface area contributed by atoms with Gasteiger partial charge in [-0.25, -0.2) is 9.78 Å². The first-order valence-corrected chi connectivity index (χ1v) is 10.9. The van der Waals surface area contributed by atoms with Gasteiger partial charge in [0.15, 0.2) is 0 Å². The molecule has 1 aromatic heterocycles. The summed E-state index contributed by atoms with van der Waals surface area (Å²) in [6.07, 6.45) is 1.34. The highest BCUT2D eigenvalue weighted by molar-refractivity contribution is 6.36. The Balaban J connectivity index is 1.70. The Hall–Kier alpha value is -3.43. The molecule has 0 radical (unpaired) electrons. The van der Waals surface area contributed by atoms with E-state index in [1.807, 2.05) is 20.8 Å². The number of carbonyl (C=O) groups excluding carboxylic acids is 1. The molecular weight excluding hydrogens is 483 g/mol. The van der Waals surface area contributed by atoms with E-state index in [1.54, 1.807) is 24.3 Å². The van der Waals surface area contributed by atoms with Crippen molar-refractivity contribution in [2.45, 2.75) is 38.8 Å². The van der Waals surface area contributed by atoms with Crippen LogP contribution in [-0.4, -0.2) is 33.5 Å². The summed E-state index contributed by atoms with van der Waals surface area (Å²) in [6, 6.07) is 6.73. The minimum absolute atomic E-state index is 0.0120. The van der Waals surface area contributed by atoms with Crippen LogP contribution in [0.4, 0.5) is 17.1 Å². The van der Waals surface area contributed by atoms with E-state index in [2.05, 4.69) is 20.9 Å². The second-order valence-corrected chi connectivity index (χ2v) is 9.50. The first-order valence-electron chi connectivity index (χ1n) is 10.2. The summed E-state index contributed by atoms with van der Waals surface area (Å²) >= 11 is 11.8. The number of aromatic nitrogens is 1. The van der Waals surface area contributed by atoms with Gasteiger partial charge in [-0.05, 0) is 44.5 Å². The van der Waals surface area contributed by atoms with E-state index in [0.29, 0.717) is 16.3 Å². The summed E-state index contributed by atoms with van der Waals surface area (Å²) in [5.41, 5.74) is -0.797. The molecule has 0 aliphatic heterocycles. The number of anilines is 3. The van der Waals surface area contributed by atoms with E-state index >= 15 is 0 Å². The predicted octanol–water partition coefficient (Wildman–Crippen LogP) is 3.55. The molecule has 11 heteroatoms. The van der Waals surface area contributed by atoms with Crippen molar-refractivity contribution >= 4 is 52.1 Å². The SMILES string of the molecule is CC(C)(C)Nc1c(N[C@@H](Cc2ccc(NC(=O)c3ncc(Cl)cc3Cl)cc2)C(=O)O)c(=O)c1=O. The van der Waals surface area contributed by atoms with Gasteiger partial charge in [-0.15, -0.1) is 0 Å². The molecule has 2 aromatic carbocycles. The van der Waals surface area contributed by atoms with Crippen LogP contribution in [0.25, 0.3) is 0 Å². The molecule has 34 heavy (non-hydrogen) atoms. The highest BCUT2D eigenvalue weighted by atomic mass is 35.5. The summed E-state index contributed by atoms with van der Waals surface area (Å²) in [5.74, 6) is -1.71. The van der Waals surface area contributed by atoms with Gasteiger partial charge in [0.2, 0.25) is 0 Å². The van der Waals surface area contributed by atoms with Gasteiger partial charge in [0, 0.05) is 23.8 Å². The third kappa shape index (κ3) is 5.92. The monoisotopic (exact) mass is 504 g/mol. The van der Waals surface area contributed by atoms with E-state index in [9.17, 15) is 24.3 Å². The number of hydrogen-bond donors (Lipinski definition) is 4. The molecule has 0 bridgehead atoms. The third-order valence-corrected chi connectivity index (χ3v) is 5.20. The van der Waals surface area contributed by atoms with Crippen molar-refractivity contribution in [1.29, 1.82) is 0 Å². The van der Waals surface area contributed by atoms with E-state index in [-0.39, 0.29) is 28.5 Å². The van der Waals surface area contributed by atoms with Crippen LogP contribution < -0.4 is 26.8 Å². The van der Waals surface area contributed by atoms with Gasteiger partial charge in [0.1, 0.15) is 23.1 Å². The van der Waals surface area contributed by atoms with Gasteiger partial charge < -0.3 is 21.1 Å². The summed E-state index contributed by atoms with van der Waals surface area (Å²) in [6.45, 7) is 5.46. The maximum Gasteiger partial charge on any atom is 0.326 e. The molecule has 1 atom stereocenters. The van der Waals surface area contributed by atoms with Crippen molar-refractivity contribution in [3.8, 4) is 0 Å². The van der Waals surface area contributed by atoms with E-state index in [1.165, 1.54) is 12.3 Å². The number of carbonyl (C=O) groups is 2. The number of carboxylic acid groups (broad SMARTS) is 1. The number of pyridine rings is 1. The normalized spacial score (nSPS) is 12.3. The Morgan fingerprint density at radius 2 is 1.68 bits per heavy atom. The van der Waals surface area contributed by atoms with Crippen molar-refractivity contribution in [2.75, 3.05) is 16.0 Å². The molecule has 0 aliphatic rings. The number of carboxylic acids is 1. The topological polar surface area (TPSA) is 137 Å². The van der Waals surface area contributed by atoms with Gasteiger partial charge in [-0.3, -0.25) is 14.4 Å². The number of nitrogens with one attached hydrogen (secondary N) is 3. The van der Waals surface area contributed by atoms with Crippen molar-refractivity contribution in [2.24, 2.45) is 0 Å². The Morgan fingerprint density at radius 3 is 2.24 bits per heavy atom. The van der Waals surface area contributed by atoms with Crippen molar-refractivity contribution in [1.82, 2.24) is 4.98 Å². The lowest BCUT2D eigenvalue weighted by Gasteiger charge is -2.26. The lowest BCUT2D eigenvalue weighted by molar-refractivity contribution is -0.137. The number of nitrogens with zero attached hydrogens (tertiary/aromatic N) is 1. The molecule has 4 N–H and O–H groups in total. The molecule has 0 aliphatic carbocycles. The molecule has 0 spiro atoms. The van der Waals surface area contributed by atoms with Gasteiger partial charge in [0.05, 0.1) is 10.0 Å². The minimum Gasteiger partial charge on any atom is -0.480 e. The van der Waals surface area contributed by atoms with Crippen molar-refractivity contribution in [3.05, 3.63) is 78.3 Å². The fourth-order valence-electron chi connectivity index (χ4n) is 3.13. The van der Waals surface area contributed by atoms with Crippen LogP contribution in [0.5, 0.6) is 0 Å². The summed E-state index contributed by atoms with van der Waals surface area (Å²) < 4.78 is 0. The number of amides is 1. The highest BCUT2D eigenvalue weighted by Crippen LogP contribution is 2.22. The second kappa shape index (κ2) is 9.82. The third-order valence-electron chi connectivity index (χ3n) is 4.70. The quantitative estimate of drug-likeness (QED) is 0.341. The Labute approximate surface area is 204 Å². The average molecular weight is 505 g/mol. The largest absolute Gasteiger partial charge is 0.480 e. The van der Waals surface area contributed by atoms with Crippen LogP contribution in [-0.2, 0) is 11.2 Å². The van der Waals surface area contributed by atoms with Crippen LogP contribution in [0.3, 0.4) is 0 Å². The lowest BCUT2D eigenvalue weighted by Crippen LogP contribution is -2.44. The van der Waals surface area contributed by atoms with Crippen LogP contribution >= 0.6 is 23.2 Å². The molecule has 3 rings (SSSR count). The van der Waals surface area contributed by atoms with Gasteiger partial charge >= 0.3 is 5.97 Å². The first kappa shape index (κ1) is 25.2. The molecule has 1 heterocycles. The maximum atomic E-state index is 12.4. The number of aliphatic carboxylic acids is 1. The van der Waals surface area contributed by atoms with Gasteiger partial charge in [-0.1, -0.05) is 35.3 Å². The second-order valence-electron chi connectivity index (χ2n) is 8.66. The number of hydrogen-bond acceptors (Lipinski definition) is 7. The summed E-state index contributed by atoms with van der Waals surface area (Å²) in [7, 11) is 0. The molecule has 0 saturated heterocycles. The zero-order valence-corrected chi connectivity index (χ0v) is 20.0. The molecule has 9 nitrogen and oxygen atoms in total. The molecule has 0 unspecified atom stereocenters. The number of rotatable bonds is 8. The number of halogens is 2. The zero-order chi connectivity index (χ0) is 25.2. The Kier molecular flexibility index (Phi) is 7.28. The smallest absolute Gasteiger partial charge is 0.326 e. The molecule has 0 saturated carbocycles. The summed E-state index contributed by atoms with van der Waals surface area (Å²) in [4.78, 5) is 52.0. The van der Waals surface area contributed by atoms with Crippen LogP contribution in [0.15, 0.2) is 46.1 Å². The average Bonchev–Trinajstić information content (AvgIpc) is 2.75. The Morgan fingerprint density at radius 1 is 1.06 bits per heavy atom. The van der Waals surface area contributed by atoms with E-state index < -0.39 is 34.3 Å². The molecule has 1 amide bonds. The summed E-state index contributed by atoms with van der Waals surface area (Å²) in [5, 5.41) is 18.3. The lowest BCUT2D eigenvalue weighted by atomic mass is 10.0. The standard InChI is InChI=1S/C23H22Cl2N4O5/c1-23(2,3)29-18-17(19(30)20(18)31)28-15(22(33)34)8-11-4-6-13(7-5-11)27-21(32)16-14(25)9-12(24)10-26-16/h4-7,9-10,15,28-29H,8H2,1-3H3,(H,27,32)(H,33,34)/t15-/m0/s1. The predicted molar refractivity (Wildman–Crippen MR) is 132 cm³/mol. The van der Waals surface area contributed by atoms with E-state index in [0.717, 1.165) is 0 Å².